The van der Waals surface area contributed by atoms with Crippen LogP contribution in [0.2, 0.25) is 0 Å². The summed E-state index contributed by atoms with van der Waals surface area (Å²) in [5.74, 6) is -0.00934. The summed E-state index contributed by atoms with van der Waals surface area (Å²) in [6.07, 6.45) is 3.23. The molecule has 1 atom stereocenters. The lowest BCUT2D eigenvalue weighted by Crippen LogP contribution is -2.35. The third kappa shape index (κ3) is 5.99. The number of fused-ring (bicyclic) bond motifs is 11. The standard InChI is InChI=1S/C68H63N3O/c1-40-33-58-62-59(34-40)71(55-25-18-22-46-45-21-14-17-26-60(45)72-64(46)55)56-39-57-53(68(9,10)51-23-15-16-24-54(51)69(57)43-19-12-11-13-20-43)38-48(56)61(62)49-35-41-27-28-42(65(2,3)4)36-47(41)63(49)70(58)44-29-30-50-52(37-44)67(7,8)32-31-66(50,5)6/h11-30,33-34,36-39,61H,31-32,35H2,1-10H3. The van der Waals surface area contributed by atoms with Crippen LogP contribution in [-0.4, -0.2) is 0 Å². The molecule has 0 saturated heterocycles. The predicted molar refractivity (Wildman–Crippen MR) is 301 cm³/mol. The van der Waals surface area contributed by atoms with Crippen LogP contribution in [0, 0.1) is 6.92 Å². The van der Waals surface area contributed by atoms with Crippen molar-refractivity contribution in [1.29, 1.82) is 0 Å². The molecule has 1 unspecified atom stereocenters. The molecule has 0 fully saturated rings. The lowest BCUT2D eigenvalue weighted by molar-refractivity contribution is 0.332. The third-order valence-electron chi connectivity index (χ3n) is 17.7. The molecule has 4 heterocycles. The van der Waals surface area contributed by atoms with Crippen LogP contribution in [0.4, 0.5) is 45.5 Å². The van der Waals surface area contributed by atoms with E-state index >= 15 is 0 Å². The molecule has 0 bridgehead atoms. The number of furan rings is 1. The van der Waals surface area contributed by atoms with Crippen LogP contribution in [0.25, 0.3) is 27.6 Å². The number of hydrogen-bond donors (Lipinski definition) is 0. The van der Waals surface area contributed by atoms with Gasteiger partial charge in [0, 0.05) is 44.6 Å². The van der Waals surface area contributed by atoms with Gasteiger partial charge in [-0.3, -0.25) is 0 Å². The minimum atomic E-state index is -0.298. The molecule has 356 valence electrons. The number of para-hydroxylation sites is 4. The molecule has 8 aromatic carbocycles. The number of hydrogen-bond acceptors (Lipinski definition) is 4. The second-order valence-corrected chi connectivity index (χ2v) is 24.5. The number of benzene rings is 8. The number of anilines is 8. The Morgan fingerprint density at radius 1 is 0.514 bits per heavy atom. The monoisotopic (exact) mass is 937 g/mol. The molecule has 0 spiro atoms. The molecule has 2 aliphatic carbocycles. The molecule has 0 saturated carbocycles. The Labute approximate surface area is 425 Å². The minimum absolute atomic E-state index is 0.00934. The molecule has 4 nitrogen and oxygen atoms in total. The van der Waals surface area contributed by atoms with Crippen LogP contribution >= 0.6 is 0 Å². The van der Waals surface area contributed by atoms with Gasteiger partial charge in [-0.15, -0.1) is 0 Å². The van der Waals surface area contributed by atoms with Crippen LogP contribution < -0.4 is 14.7 Å². The second-order valence-electron chi connectivity index (χ2n) is 24.5. The average molecular weight is 938 g/mol. The Morgan fingerprint density at radius 3 is 2.00 bits per heavy atom. The average Bonchev–Trinajstić information content (AvgIpc) is 3.94. The molecule has 4 heteroatoms. The van der Waals surface area contributed by atoms with Gasteiger partial charge in [0.2, 0.25) is 0 Å². The quantitative estimate of drug-likeness (QED) is 0.176. The van der Waals surface area contributed by atoms with Gasteiger partial charge in [-0.2, -0.15) is 0 Å². The van der Waals surface area contributed by atoms with Crippen molar-refractivity contribution < 1.29 is 4.42 Å². The summed E-state index contributed by atoms with van der Waals surface area (Å²) in [6.45, 7) is 24.0. The highest BCUT2D eigenvalue weighted by Gasteiger charge is 2.48. The van der Waals surface area contributed by atoms with Gasteiger partial charge in [-0.1, -0.05) is 147 Å². The zero-order valence-electron chi connectivity index (χ0n) is 43.5. The fourth-order valence-corrected chi connectivity index (χ4v) is 13.8. The highest BCUT2D eigenvalue weighted by molar-refractivity contribution is 6.12. The molecule has 72 heavy (non-hydrogen) atoms. The summed E-state index contributed by atoms with van der Waals surface area (Å²) in [5, 5.41) is 2.26. The Hall–Kier alpha value is -7.30. The number of aryl methyl sites for hydroxylation is 1. The van der Waals surface area contributed by atoms with Crippen molar-refractivity contribution >= 4 is 73.1 Å². The Bertz CT molecular complexity index is 3840. The highest BCUT2D eigenvalue weighted by atomic mass is 16.3. The van der Waals surface area contributed by atoms with Crippen LogP contribution in [0.1, 0.15) is 137 Å². The first-order chi connectivity index (χ1) is 34.5. The zero-order valence-corrected chi connectivity index (χ0v) is 43.5. The summed E-state index contributed by atoms with van der Waals surface area (Å²) < 4.78 is 7.04. The van der Waals surface area contributed by atoms with Crippen LogP contribution in [0.3, 0.4) is 0 Å². The van der Waals surface area contributed by atoms with E-state index in [4.69, 9.17) is 4.42 Å². The largest absolute Gasteiger partial charge is 0.454 e. The molecule has 0 amide bonds. The van der Waals surface area contributed by atoms with Crippen molar-refractivity contribution in [2.45, 2.75) is 116 Å². The molecule has 14 rings (SSSR count). The van der Waals surface area contributed by atoms with E-state index in [9.17, 15) is 0 Å². The van der Waals surface area contributed by atoms with E-state index < -0.39 is 0 Å². The summed E-state index contributed by atoms with van der Waals surface area (Å²) in [7, 11) is 0. The maximum Gasteiger partial charge on any atom is 0.159 e. The molecular formula is C68H63N3O. The van der Waals surface area contributed by atoms with Crippen molar-refractivity contribution in [1.82, 2.24) is 0 Å². The maximum atomic E-state index is 7.04. The van der Waals surface area contributed by atoms with Crippen LogP contribution in [0.5, 0.6) is 0 Å². The van der Waals surface area contributed by atoms with Gasteiger partial charge in [0.15, 0.2) is 5.58 Å². The normalized spacial score (nSPS) is 18.6. The van der Waals surface area contributed by atoms with E-state index in [-0.39, 0.29) is 27.6 Å². The van der Waals surface area contributed by atoms with Crippen LogP contribution in [0.15, 0.2) is 168 Å². The van der Waals surface area contributed by atoms with Gasteiger partial charge in [0.05, 0.1) is 39.8 Å². The van der Waals surface area contributed by atoms with E-state index in [1.807, 2.05) is 0 Å². The molecule has 9 aromatic rings. The smallest absolute Gasteiger partial charge is 0.159 e. The van der Waals surface area contributed by atoms with E-state index in [0.717, 1.165) is 46.2 Å². The van der Waals surface area contributed by atoms with Gasteiger partial charge in [0.1, 0.15) is 5.58 Å². The van der Waals surface area contributed by atoms with Gasteiger partial charge >= 0.3 is 0 Å². The molecule has 0 radical (unpaired) electrons. The Morgan fingerprint density at radius 2 is 1.21 bits per heavy atom. The van der Waals surface area contributed by atoms with E-state index in [2.05, 4.69) is 242 Å². The minimum Gasteiger partial charge on any atom is -0.454 e. The topological polar surface area (TPSA) is 22.9 Å². The number of allylic oxidation sites excluding steroid dienone is 1. The molecule has 1 aromatic heterocycles. The van der Waals surface area contributed by atoms with Gasteiger partial charge in [-0.25, -0.2) is 0 Å². The SMILES string of the molecule is Cc1cc2c3c(c1)N(c1cccc4c1oc1ccccc14)c1cc4c(cc1C3C1=C(c3cc(C(C)(C)C)ccc3C1)N2c1ccc2c(c1)C(C)(C)CCC2(C)C)C(C)(C)c1ccccc1N4c1ccccc1. The summed E-state index contributed by atoms with van der Waals surface area (Å²) >= 11 is 0. The molecule has 3 aliphatic heterocycles. The summed E-state index contributed by atoms with van der Waals surface area (Å²) in [5.41, 5.74) is 27.7. The fraction of sp³-hybridized carbons (Fsp3) is 0.265. The van der Waals surface area contributed by atoms with E-state index in [1.54, 1.807) is 0 Å². The van der Waals surface area contributed by atoms with Crippen molar-refractivity contribution in [3.8, 4) is 0 Å². The van der Waals surface area contributed by atoms with Gasteiger partial charge in [-0.05, 0) is 165 Å². The number of rotatable bonds is 3. The summed E-state index contributed by atoms with van der Waals surface area (Å²) in [4.78, 5) is 7.80. The maximum absolute atomic E-state index is 7.04. The fourth-order valence-electron chi connectivity index (χ4n) is 13.8. The van der Waals surface area contributed by atoms with Gasteiger partial charge in [0.25, 0.3) is 0 Å². The Balaban J connectivity index is 1.12. The first kappa shape index (κ1) is 43.5. The third-order valence-corrected chi connectivity index (χ3v) is 17.7. The first-order valence-corrected chi connectivity index (χ1v) is 26.3. The number of nitrogens with zero attached hydrogens (tertiary/aromatic N) is 3. The lowest BCUT2D eigenvalue weighted by atomic mass is 9.63. The second kappa shape index (κ2) is 14.7. The van der Waals surface area contributed by atoms with Crippen molar-refractivity contribution in [2.24, 2.45) is 0 Å². The Kier molecular flexibility index (Phi) is 8.85. The predicted octanol–water partition coefficient (Wildman–Crippen LogP) is 18.7. The van der Waals surface area contributed by atoms with Crippen molar-refractivity contribution in [3.63, 3.8) is 0 Å². The van der Waals surface area contributed by atoms with Crippen molar-refractivity contribution in [2.75, 3.05) is 14.7 Å². The lowest BCUT2D eigenvalue weighted by Gasteiger charge is -2.48. The van der Waals surface area contributed by atoms with Crippen molar-refractivity contribution in [3.05, 3.63) is 219 Å². The molecular weight excluding hydrogens is 875 g/mol. The van der Waals surface area contributed by atoms with E-state index in [1.165, 1.54) is 107 Å². The first-order valence-electron chi connectivity index (χ1n) is 26.3. The van der Waals surface area contributed by atoms with Gasteiger partial charge < -0.3 is 19.1 Å². The van der Waals surface area contributed by atoms with E-state index in [0.29, 0.717) is 0 Å². The highest BCUT2D eigenvalue weighted by Crippen LogP contribution is 2.65. The zero-order chi connectivity index (χ0) is 49.4. The van der Waals surface area contributed by atoms with Crippen LogP contribution in [-0.2, 0) is 28.1 Å². The summed E-state index contributed by atoms with van der Waals surface area (Å²) in [6, 6.07) is 60.3. The molecule has 0 N–H and O–H groups in total. The molecule has 5 aliphatic rings.